The number of benzene rings is 1. The molecule has 5 nitrogen and oxygen atoms in total. The van der Waals surface area contributed by atoms with Crippen LogP contribution in [0.5, 0.6) is 0 Å². The number of carbonyl (C=O) groups excluding carboxylic acids is 1. The molecule has 1 heterocycles. The summed E-state index contributed by atoms with van der Waals surface area (Å²) < 4.78 is 5.20. The fraction of sp³-hybridized carbons (Fsp3) is 0.143. The van der Waals surface area contributed by atoms with Gasteiger partial charge in [0.2, 0.25) is 0 Å². The molecule has 19 heavy (non-hydrogen) atoms. The van der Waals surface area contributed by atoms with Gasteiger partial charge in [-0.1, -0.05) is 12.1 Å². The van der Waals surface area contributed by atoms with E-state index >= 15 is 0 Å². The zero-order valence-electron chi connectivity index (χ0n) is 10.8. The summed E-state index contributed by atoms with van der Waals surface area (Å²) in [5, 5.41) is 4.02. The number of carbonyl (C=O) groups is 1. The van der Waals surface area contributed by atoms with Crippen molar-refractivity contribution in [3.8, 4) is 0 Å². The Labute approximate surface area is 111 Å². The number of nitrogens with zero attached hydrogens (tertiary/aromatic N) is 1. The molecule has 0 radical (unpaired) electrons. The number of anilines is 1. The average Bonchev–Trinajstić information content (AvgIpc) is 2.82. The second kappa shape index (κ2) is 5.39. The van der Waals surface area contributed by atoms with Crippen LogP contribution < -0.4 is 11.2 Å². The van der Waals surface area contributed by atoms with Gasteiger partial charge in [0.05, 0.1) is 5.71 Å². The molecule has 0 fully saturated rings. The van der Waals surface area contributed by atoms with E-state index in [0.29, 0.717) is 17.2 Å². The summed E-state index contributed by atoms with van der Waals surface area (Å²) >= 11 is 0. The molecule has 1 amide bonds. The molecule has 0 saturated heterocycles. The first-order valence-electron chi connectivity index (χ1n) is 5.83. The molecule has 2 rings (SSSR count). The summed E-state index contributed by atoms with van der Waals surface area (Å²) in [5.41, 5.74) is 10.3. The largest absolute Gasteiger partial charge is 0.456 e. The lowest BCUT2D eigenvalue weighted by molar-refractivity contribution is 0.0926. The Morgan fingerprint density at radius 2 is 2.11 bits per heavy atom. The lowest BCUT2D eigenvalue weighted by Crippen LogP contribution is -2.18. The number of nitrogens with one attached hydrogen (secondary N) is 1. The molecule has 0 aliphatic rings. The van der Waals surface area contributed by atoms with Crippen LogP contribution in [0, 0.1) is 6.92 Å². The molecule has 0 atom stereocenters. The first kappa shape index (κ1) is 12.9. The quantitative estimate of drug-likeness (QED) is 0.503. The van der Waals surface area contributed by atoms with Crippen LogP contribution in [0.3, 0.4) is 0 Å². The maximum atomic E-state index is 11.7. The van der Waals surface area contributed by atoms with Gasteiger partial charge in [0.25, 0.3) is 0 Å². The zero-order valence-corrected chi connectivity index (χ0v) is 10.8. The molecule has 0 bridgehead atoms. The molecular formula is C14H15N3O2. The number of amides is 1. The van der Waals surface area contributed by atoms with Gasteiger partial charge in [0.15, 0.2) is 5.76 Å². The first-order chi connectivity index (χ1) is 9.06. The Morgan fingerprint density at radius 3 is 2.74 bits per heavy atom. The summed E-state index contributed by atoms with van der Waals surface area (Å²) in [4.78, 5) is 11.7. The van der Waals surface area contributed by atoms with Gasteiger partial charge in [0, 0.05) is 5.69 Å². The lowest BCUT2D eigenvalue weighted by Gasteiger charge is -2.02. The molecule has 1 aromatic heterocycles. The van der Waals surface area contributed by atoms with E-state index in [9.17, 15) is 4.79 Å². The van der Waals surface area contributed by atoms with Crippen LogP contribution in [-0.2, 0) is 0 Å². The van der Waals surface area contributed by atoms with Gasteiger partial charge in [0.1, 0.15) is 5.76 Å². The number of rotatable bonds is 3. The number of hydrogen-bond donors (Lipinski definition) is 2. The average molecular weight is 257 g/mol. The molecule has 0 spiro atoms. The minimum atomic E-state index is -0.378. The van der Waals surface area contributed by atoms with Crippen LogP contribution in [-0.4, -0.2) is 11.6 Å². The van der Waals surface area contributed by atoms with Gasteiger partial charge in [-0.25, -0.2) is 5.43 Å². The second-order valence-electron chi connectivity index (χ2n) is 4.17. The molecular weight excluding hydrogens is 242 g/mol. The van der Waals surface area contributed by atoms with E-state index in [1.165, 1.54) is 0 Å². The third-order valence-corrected chi connectivity index (χ3v) is 2.59. The maximum absolute atomic E-state index is 11.7. The molecule has 2 aromatic rings. The predicted octanol–water partition coefficient (Wildman–Crippen LogP) is 2.32. The number of hydrazone groups is 1. The zero-order chi connectivity index (χ0) is 13.8. The summed E-state index contributed by atoms with van der Waals surface area (Å²) in [6, 6.07) is 10.6. The normalized spacial score (nSPS) is 11.4. The highest BCUT2D eigenvalue weighted by Crippen LogP contribution is 2.08. The highest BCUT2D eigenvalue weighted by Gasteiger charge is 2.08. The van der Waals surface area contributed by atoms with E-state index in [1.807, 2.05) is 12.1 Å². The number of hydrogen-bond acceptors (Lipinski definition) is 4. The van der Waals surface area contributed by atoms with Crippen molar-refractivity contribution in [2.24, 2.45) is 5.10 Å². The molecule has 5 heteroatoms. The Kier molecular flexibility index (Phi) is 3.66. The van der Waals surface area contributed by atoms with Crippen LogP contribution in [0.1, 0.15) is 28.8 Å². The molecule has 3 N–H and O–H groups in total. The number of furan rings is 1. The smallest absolute Gasteiger partial charge is 0.307 e. The highest BCUT2D eigenvalue weighted by molar-refractivity contribution is 6.00. The van der Waals surface area contributed by atoms with E-state index in [0.717, 1.165) is 5.56 Å². The van der Waals surface area contributed by atoms with Gasteiger partial charge in [-0.2, -0.15) is 5.10 Å². The molecule has 1 aromatic carbocycles. The minimum absolute atomic E-state index is 0.238. The maximum Gasteiger partial charge on any atom is 0.307 e. The van der Waals surface area contributed by atoms with Crippen molar-refractivity contribution in [2.45, 2.75) is 13.8 Å². The van der Waals surface area contributed by atoms with E-state index in [-0.39, 0.29) is 11.7 Å². The third-order valence-electron chi connectivity index (χ3n) is 2.59. The van der Waals surface area contributed by atoms with E-state index in [1.54, 1.807) is 38.1 Å². The van der Waals surface area contributed by atoms with Crippen molar-refractivity contribution in [1.29, 1.82) is 0 Å². The van der Waals surface area contributed by atoms with Crippen LogP contribution >= 0.6 is 0 Å². The fourth-order valence-electron chi connectivity index (χ4n) is 1.57. The fourth-order valence-corrected chi connectivity index (χ4v) is 1.57. The Bertz CT molecular complexity index is 629. The Balaban J connectivity index is 2.08. The van der Waals surface area contributed by atoms with E-state index in [2.05, 4.69) is 10.5 Å². The molecule has 0 unspecified atom stereocenters. The molecule has 0 aliphatic heterocycles. The van der Waals surface area contributed by atoms with Gasteiger partial charge >= 0.3 is 5.91 Å². The second-order valence-corrected chi connectivity index (χ2v) is 4.17. The predicted molar refractivity (Wildman–Crippen MR) is 74.0 cm³/mol. The van der Waals surface area contributed by atoms with Crippen LogP contribution in [0.15, 0.2) is 45.9 Å². The van der Waals surface area contributed by atoms with E-state index < -0.39 is 0 Å². The highest BCUT2D eigenvalue weighted by atomic mass is 16.3. The summed E-state index contributed by atoms with van der Waals surface area (Å²) in [5.74, 6) is 0.541. The summed E-state index contributed by atoms with van der Waals surface area (Å²) in [6.45, 7) is 3.57. The lowest BCUT2D eigenvalue weighted by atomic mass is 10.1. The summed E-state index contributed by atoms with van der Waals surface area (Å²) in [6.07, 6.45) is 0. The molecule has 98 valence electrons. The molecule has 0 saturated carbocycles. The number of nitrogens with two attached hydrogens (primary N) is 1. The monoisotopic (exact) mass is 257 g/mol. The van der Waals surface area contributed by atoms with Crippen LogP contribution in [0.4, 0.5) is 5.69 Å². The van der Waals surface area contributed by atoms with Gasteiger partial charge < -0.3 is 10.2 Å². The molecule has 0 aliphatic carbocycles. The number of nitrogen functional groups attached to an aromatic ring is 1. The van der Waals surface area contributed by atoms with Crippen molar-refractivity contribution in [2.75, 3.05) is 5.73 Å². The minimum Gasteiger partial charge on any atom is -0.456 e. The van der Waals surface area contributed by atoms with Crippen molar-refractivity contribution in [1.82, 2.24) is 5.43 Å². The standard InChI is InChI=1S/C14H15N3O2/c1-9-6-7-13(19-9)14(18)17-16-10(2)11-4-3-5-12(15)8-11/h3-8H,15H2,1-2H3,(H,17,18)/b16-10+. The van der Waals surface area contributed by atoms with Crippen molar-refractivity contribution in [3.05, 3.63) is 53.5 Å². The van der Waals surface area contributed by atoms with E-state index in [4.69, 9.17) is 10.2 Å². The van der Waals surface area contributed by atoms with Crippen molar-refractivity contribution < 1.29 is 9.21 Å². The van der Waals surface area contributed by atoms with Crippen molar-refractivity contribution in [3.63, 3.8) is 0 Å². The first-order valence-corrected chi connectivity index (χ1v) is 5.83. The third kappa shape index (κ3) is 3.22. The van der Waals surface area contributed by atoms with Crippen LogP contribution in [0.25, 0.3) is 0 Å². The van der Waals surface area contributed by atoms with Gasteiger partial charge in [-0.3, -0.25) is 4.79 Å². The SMILES string of the molecule is C/C(=N\NC(=O)c1ccc(C)o1)c1cccc(N)c1. The van der Waals surface area contributed by atoms with Gasteiger partial charge in [-0.15, -0.1) is 0 Å². The summed E-state index contributed by atoms with van der Waals surface area (Å²) in [7, 11) is 0. The van der Waals surface area contributed by atoms with Gasteiger partial charge in [-0.05, 0) is 43.7 Å². The topological polar surface area (TPSA) is 80.6 Å². The number of aryl methyl sites for hydroxylation is 1. The van der Waals surface area contributed by atoms with Crippen LogP contribution in [0.2, 0.25) is 0 Å². The van der Waals surface area contributed by atoms with Crippen molar-refractivity contribution >= 4 is 17.3 Å². The Hall–Kier alpha value is -2.56. The Morgan fingerprint density at radius 1 is 1.32 bits per heavy atom.